The summed E-state index contributed by atoms with van der Waals surface area (Å²) in [6.45, 7) is 10.6. The van der Waals surface area contributed by atoms with Gasteiger partial charge in [-0.2, -0.15) is 0 Å². The Morgan fingerprint density at radius 1 is 1.30 bits per heavy atom. The third-order valence-electron chi connectivity index (χ3n) is 5.70. The van der Waals surface area contributed by atoms with Crippen molar-refractivity contribution >= 4 is 0 Å². The van der Waals surface area contributed by atoms with Gasteiger partial charge in [-0.3, -0.25) is 4.90 Å². The van der Waals surface area contributed by atoms with Crippen molar-refractivity contribution in [2.45, 2.75) is 51.6 Å². The molecular formula is C22H40N4O. The SMILES string of the molecule is CCN(CCCOc1ccc(C(C)NCCC2CCCN2C)cc1)CNC. The number of hydrogen-bond donors (Lipinski definition) is 2. The molecule has 1 aromatic rings. The molecule has 5 nitrogen and oxygen atoms in total. The van der Waals surface area contributed by atoms with E-state index < -0.39 is 0 Å². The first kappa shape index (κ1) is 22.2. The zero-order valence-electron chi connectivity index (χ0n) is 17.8. The summed E-state index contributed by atoms with van der Waals surface area (Å²) >= 11 is 0. The van der Waals surface area contributed by atoms with Gasteiger partial charge in [-0.15, -0.1) is 0 Å². The molecule has 1 aliphatic rings. The lowest BCUT2D eigenvalue weighted by molar-refractivity contribution is 0.234. The van der Waals surface area contributed by atoms with Crippen LogP contribution in [0.4, 0.5) is 0 Å². The third-order valence-corrected chi connectivity index (χ3v) is 5.70. The summed E-state index contributed by atoms with van der Waals surface area (Å²) < 4.78 is 5.90. The van der Waals surface area contributed by atoms with Crippen molar-refractivity contribution in [1.29, 1.82) is 0 Å². The van der Waals surface area contributed by atoms with Gasteiger partial charge in [-0.1, -0.05) is 19.1 Å². The van der Waals surface area contributed by atoms with E-state index in [2.05, 4.69) is 65.6 Å². The first-order valence-electron chi connectivity index (χ1n) is 10.7. The van der Waals surface area contributed by atoms with Crippen molar-refractivity contribution in [3.63, 3.8) is 0 Å². The first-order valence-corrected chi connectivity index (χ1v) is 10.7. The number of ether oxygens (including phenoxy) is 1. The highest BCUT2D eigenvalue weighted by atomic mass is 16.5. The van der Waals surface area contributed by atoms with E-state index in [9.17, 15) is 0 Å². The van der Waals surface area contributed by atoms with Crippen LogP contribution in [0.1, 0.15) is 51.1 Å². The van der Waals surface area contributed by atoms with E-state index in [1.165, 1.54) is 31.4 Å². The summed E-state index contributed by atoms with van der Waals surface area (Å²) in [5.41, 5.74) is 1.33. The van der Waals surface area contributed by atoms with E-state index in [-0.39, 0.29) is 0 Å². The second-order valence-corrected chi connectivity index (χ2v) is 7.73. The lowest BCUT2D eigenvalue weighted by Crippen LogP contribution is -2.33. The van der Waals surface area contributed by atoms with E-state index >= 15 is 0 Å². The van der Waals surface area contributed by atoms with Crippen LogP contribution in [-0.2, 0) is 0 Å². The molecule has 1 aromatic carbocycles. The fraction of sp³-hybridized carbons (Fsp3) is 0.727. The predicted octanol–water partition coefficient (Wildman–Crippen LogP) is 3.09. The Bertz CT molecular complexity index is 508. The van der Waals surface area contributed by atoms with Crippen molar-refractivity contribution in [3.05, 3.63) is 29.8 Å². The molecule has 1 heterocycles. The van der Waals surface area contributed by atoms with Gasteiger partial charge in [0.1, 0.15) is 5.75 Å². The van der Waals surface area contributed by atoms with Crippen molar-refractivity contribution in [2.75, 3.05) is 53.5 Å². The fourth-order valence-electron chi connectivity index (χ4n) is 3.83. The van der Waals surface area contributed by atoms with Crippen LogP contribution in [0, 0.1) is 0 Å². The van der Waals surface area contributed by atoms with Gasteiger partial charge in [-0.25, -0.2) is 0 Å². The van der Waals surface area contributed by atoms with Crippen molar-refractivity contribution in [2.24, 2.45) is 0 Å². The van der Waals surface area contributed by atoms with Crippen LogP contribution >= 0.6 is 0 Å². The van der Waals surface area contributed by atoms with Gasteiger partial charge < -0.3 is 20.3 Å². The summed E-state index contributed by atoms with van der Waals surface area (Å²) in [7, 11) is 4.24. The fourth-order valence-corrected chi connectivity index (χ4v) is 3.83. The maximum absolute atomic E-state index is 5.90. The molecule has 0 aromatic heterocycles. The van der Waals surface area contributed by atoms with Crippen LogP contribution < -0.4 is 15.4 Å². The molecule has 1 saturated heterocycles. The molecule has 0 amide bonds. The largest absolute Gasteiger partial charge is 0.494 e. The number of nitrogens with one attached hydrogen (secondary N) is 2. The number of rotatable bonds is 13. The van der Waals surface area contributed by atoms with E-state index in [0.717, 1.165) is 51.1 Å². The van der Waals surface area contributed by atoms with E-state index in [1.54, 1.807) is 0 Å². The Morgan fingerprint density at radius 2 is 2.07 bits per heavy atom. The minimum atomic E-state index is 0.380. The zero-order chi connectivity index (χ0) is 19.5. The minimum absolute atomic E-state index is 0.380. The van der Waals surface area contributed by atoms with Gasteiger partial charge in [0, 0.05) is 25.3 Å². The first-order chi connectivity index (χ1) is 13.1. The molecule has 5 heteroatoms. The van der Waals surface area contributed by atoms with Gasteiger partial charge >= 0.3 is 0 Å². The summed E-state index contributed by atoms with van der Waals surface area (Å²) in [5, 5.41) is 6.87. The molecule has 1 fully saturated rings. The smallest absolute Gasteiger partial charge is 0.119 e. The normalized spacial score (nSPS) is 18.9. The molecule has 154 valence electrons. The average molecular weight is 377 g/mol. The molecule has 2 rings (SSSR count). The lowest BCUT2D eigenvalue weighted by Gasteiger charge is -2.21. The number of nitrogens with zero attached hydrogens (tertiary/aromatic N) is 2. The maximum Gasteiger partial charge on any atom is 0.119 e. The summed E-state index contributed by atoms with van der Waals surface area (Å²) in [6, 6.07) is 9.72. The molecule has 0 aliphatic carbocycles. The van der Waals surface area contributed by atoms with Gasteiger partial charge in [-0.05, 0) is 84.0 Å². The Kier molecular flexibility index (Phi) is 10.1. The van der Waals surface area contributed by atoms with Crippen molar-refractivity contribution in [1.82, 2.24) is 20.4 Å². The molecule has 1 aliphatic heterocycles. The van der Waals surface area contributed by atoms with E-state index in [1.807, 2.05) is 7.05 Å². The Balaban J connectivity index is 1.64. The van der Waals surface area contributed by atoms with Gasteiger partial charge in [0.15, 0.2) is 0 Å². The van der Waals surface area contributed by atoms with Gasteiger partial charge in [0.25, 0.3) is 0 Å². The Hall–Kier alpha value is -1.14. The predicted molar refractivity (Wildman–Crippen MR) is 114 cm³/mol. The van der Waals surface area contributed by atoms with Gasteiger partial charge in [0.05, 0.1) is 6.61 Å². The topological polar surface area (TPSA) is 39.8 Å². The Labute approximate surface area is 166 Å². The average Bonchev–Trinajstić information content (AvgIpc) is 3.09. The standard InChI is InChI=1S/C22H40N4O/c1-5-26(18-23-3)16-7-17-27-22-11-9-20(10-12-22)19(2)24-14-13-21-8-6-15-25(21)4/h9-12,19,21,23-24H,5-8,13-18H2,1-4H3. The molecule has 27 heavy (non-hydrogen) atoms. The zero-order valence-corrected chi connectivity index (χ0v) is 17.8. The number of likely N-dealkylation sites (tertiary alicyclic amines) is 1. The lowest BCUT2D eigenvalue weighted by atomic mass is 10.1. The van der Waals surface area contributed by atoms with Crippen LogP contribution in [0.15, 0.2) is 24.3 Å². The molecule has 2 N–H and O–H groups in total. The molecular weight excluding hydrogens is 336 g/mol. The quantitative estimate of drug-likeness (QED) is 0.409. The molecule has 0 spiro atoms. The second-order valence-electron chi connectivity index (χ2n) is 7.73. The van der Waals surface area contributed by atoms with Gasteiger partial charge in [0.2, 0.25) is 0 Å². The van der Waals surface area contributed by atoms with Crippen molar-refractivity contribution < 1.29 is 4.74 Å². The second kappa shape index (κ2) is 12.3. The molecule has 0 radical (unpaired) electrons. The summed E-state index contributed by atoms with van der Waals surface area (Å²) in [5.74, 6) is 0.968. The molecule has 2 unspecified atom stereocenters. The monoisotopic (exact) mass is 376 g/mol. The summed E-state index contributed by atoms with van der Waals surface area (Å²) in [4.78, 5) is 4.88. The molecule has 0 saturated carbocycles. The highest BCUT2D eigenvalue weighted by molar-refractivity contribution is 5.28. The van der Waals surface area contributed by atoms with Crippen LogP contribution in [0.3, 0.4) is 0 Å². The van der Waals surface area contributed by atoms with Crippen LogP contribution in [0.5, 0.6) is 5.75 Å². The highest BCUT2D eigenvalue weighted by Gasteiger charge is 2.20. The molecule has 0 bridgehead atoms. The Morgan fingerprint density at radius 3 is 2.70 bits per heavy atom. The number of benzene rings is 1. The van der Waals surface area contributed by atoms with E-state index in [4.69, 9.17) is 4.74 Å². The van der Waals surface area contributed by atoms with Crippen LogP contribution in [-0.4, -0.2) is 69.4 Å². The summed E-state index contributed by atoms with van der Waals surface area (Å²) in [6.07, 6.45) is 4.99. The molecule has 2 atom stereocenters. The third kappa shape index (κ3) is 7.78. The highest BCUT2D eigenvalue weighted by Crippen LogP contribution is 2.20. The minimum Gasteiger partial charge on any atom is -0.494 e. The van der Waals surface area contributed by atoms with E-state index in [0.29, 0.717) is 6.04 Å². The van der Waals surface area contributed by atoms with Crippen molar-refractivity contribution in [3.8, 4) is 5.75 Å². The number of hydrogen-bond acceptors (Lipinski definition) is 5. The van der Waals surface area contributed by atoms with Crippen LogP contribution in [0.25, 0.3) is 0 Å². The maximum atomic E-state index is 5.90. The van der Waals surface area contributed by atoms with Crippen LogP contribution in [0.2, 0.25) is 0 Å².